The summed E-state index contributed by atoms with van der Waals surface area (Å²) in [5.74, 6) is 0.295. The molecule has 0 saturated carbocycles. The predicted octanol–water partition coefficient (Wildman–Crippen LogP) is 4.67. The molecule has 0 fully saturated rings. The molecule has 82 valence electrons. The lowest BCUT2D eigenvalue weighted by molar-refractivity contribution is 0.471. The quantitative estimate of drug-likeness (QED) is 0.782. The minimum atomic E-state index is 0.295. The number of hydrogen-bond donors (Lipinski definition) is 1. The van der Waals surface area contributed by atoms with Crippen molar-refractivity contribution >= 4 is 23.2 Å². The second-order valence-electron chi connectivity index (χ2n) is 3.63. The molecule has 1 N–H and O–H groups in total. The lowest BCUT2D eigenvalue weighted by Crippen LogP contribution is -1.81. The SMILES string of the molecule is Cc1cc(-c2ccc(Cl)c(Cl)c2)ccc1O. The maximum Gasteiger partial charge on any atom is 0.118 e. The van der Waals surface area contributed by atoms with E-state index in [0.29, 0.717) is 15.8 Å². The van der Waals surface area contributed by atoms with Gasteiger partial charge in [0.05, 0.1) is 10.0 Å². The van der Waals surface area contributed by atoms with Gasteiger partial charge < -0.3 is 5.11 Å². The van der Waals surface area contributed by atoms with E-state index in [4.69, 9.17) is 23.2 Å². The number of aromatic hydroxyl groups is 1. The molecule has 2 rings (SSSR count). The summed E-state index contributed by atoms with van der Waals surface area (Å²) in [6, 6.07) is 10.9. The molecule has 0 aromatic heterocycles. The molecule has 0 aliphatic carbocycles. The number of halogens is 2. The third-order valence-corrected chi connectivity index (χ3v) is 3.19. The highest BCUT2D eigenvalue weighted by Gasteiger charge is 2.03. The van der Waals surface area contributed by atoms with E-state index in [1.807, 2.05) is 31.2 Å². The van der Waals surface area contributed by atoms with Crippen LogP contribution < -0.4 is 0 Å². The van der Waals surface area contributed by atoms with Crippen LogP contribution in [0.2, 0.25) is 10.0 Å². The van der Waals surface area contributed by atoms with Crippen LogP contribution in [0.4, 0.5) is 0 Å². The van der Waals surface area contributed by atoms with Gasteiger partial charge in [-0.3, -0.25) is 0 Å². The molecule has 0 atom stereocenters. The van der Waals surface area contributed by atoms with E-state index in [1.165, 1.54) is 0 Å². The van der Waals surface area contributed by atoms with E-state index in [2.05, 4.69) is 0 Å². The smallest absolute Gasteiger partial charge is 0.118 e. The van der Waals surface area contributed by atoms with Crippen LogP contribution in [-0.2, 0) is 0 Å². The van der Waals surface area contributed by atoms with E-state index >= 15 is 0 Å². The third kappa shape index (κ3) is 2.16. The largest absolute Gasteiger partial charge is 0.508 e. The Morgan fingerprint density at radius 2 is 1.50 bits per heavy atom. The first-order valence-corrected chi connectivity index (χ1v) is 5.58. The van der Waals surface area contributed by atoms with Crippen LogP contribution in [-0.4, -0.2) is 5.11 Å². The lowest BCUT2D eigenvalue weighted by atomic mass is 10.0. The molecule has 0 aliphatic heterocycles. The maximum atomic E-state index is 9.44. The highest BCUT2D eigenvalue weighted by molar-refractivity contribution is 6.42. The van der Waals surface area contributed by atoms with Crippen molar-refractivity contribution in [3.63, 3.8) is 0 Å². The second kappa shape index (κ2) is 4.36. The number of phenolic OH excluding ortho intramolecular Hbond substituents is 1. The summed E-state index contributed by atoms with van der Waals surface area (Å²) in [4.78, 5) is 0. The van der Waals surface area contributed by atoms with Crippen molar-refractivity contribution in [2.24, 2.45) is 0 Å². The fourth-order valence-corrected chi connectivity index (χ4v) is 1.81. The zero-order chi connectivity index (χ0) is 11.7. The standard InChI is InChI=1S/C13H10Cl2O/c1-8-6-9(3-5-13(8)16)10-2-4-11(14)12(15)7-10/h2-7,16H,1H3. The Morgan fingerprint density at radius 3 is 2.12 bits per heavy atom. The van der Waals surface area contributed by atoms with Crippen LogP contribution in [0.25, 0.3) is 11.1 Å². The molecule has 0 amide bonds. The third-order valence-electron chi connectivity index (χ3n) is 2.45. The van der Waals surface area contributed by atoms with Crippen molar-refractivity contribution in [3.05, 3.63) is 52.0 Å². The molecule has 0 spiro atoms. The van der Waals surface area contributed by atoms with Gasteiger partial charge in [0, 0.05) is 0 Å². The molecule has 0 saturated heterocycles. The molecule has 1 nitrogen and oxygen atoms in total. The molecule has 0 bridgehead atoms. The first kappa shape index (κ1) is 11.3. The van der Waals surface area contributed by atoms with Gasteiger partial charge in [0.15, 0.2) is 0 Å². The number of benzene rings is 2. The van der Waals surface area contributed by atoms with Gasteiger partial charge in [-0.1, -0.05) is 35.3 Å². The minimum absolute atomic E-state index is 0.295. The van der Waals surface area contributed by atoms with Crippen LogP contribution in [0, 0.1) is 6.92 Å². The fraction of sp³-hybridized carbons (Fsp3) is 0.0769. The van der Waals surface area contributed by atoms with E-state index in [1.54, 1.807) is 12.1 Å². The number of rotatable bonds is 1. The van der Waals surface area contributed by atoms with Crippen LogP contribution in [0.3, 0.4) is 0 Å². The molecule has 16 heavy (non-hydrogen) atoms. The summed E-state index contributed by atoms with van der Waals surface area (Å²) in [6.07, 6.45) is 0. The van der Waals surface area contributed by atoms with Gasteiger partial charge in [0.25, 0.3) is 0 Å². The Balaban J connectivity index is 2.50. The number of hydrogen-bond acceptors (Lipinski definition) is 1. The second-order valence-corrected chi connectivity index (χ2v) is 4.44. The fourth-order valence-electron chi connectivity index (χ4n) is 1.51. The van der Waals surface area contributed by atoms with Crippen LogP contribution >= 0.6 is 23.2 Å². The van der Waals surface area contributed by atoms with Gasteiger partial charge in [-0.15, -0.1) is 0 Å². The van der Waals surface area contributed by atoms with Gasteiger partial charge >= 0.3 is 0 Å². The van der Waals surface area contributed by atoms with Crippen LogP contribution in [0.5, 0.6) is 5.75 Å². The van der Waals surface area contributed by atoms with Crippen molar-refractivity contribution in [3.8, 4) is 16.9 Å². The van der Waals surface area contributed by atoms with Crippen molar-refractivity contribution in [2.45, 2.75) is 6.92 Å². The zero-order valence-corrected chi connectivity index (χ0v) is 10.2. The molecule has 0 aliphatic rings. The van der Waals surface area contributed by atoms with E-state index in [0.717, 1.165) is 16.7 Å². The molecule has 0 unspecified atom stereocenters. The monoisotopic (exact) mass is 252 g/mol. The van der Waals surface area contributed by atoms with Crippen molar-refractivity contribution in [1.82, 2.24) is 0 Å². The predicted molar refractivity (Wildman–Crippen MR) is 68.3 cm³/mol. The Labute approximate surface area is 104 Å². The molecule has 0 radical (unpaired) electrons. The molecule has 3 heteroatoms. The molecular formula is C13H10Cl2O. The Morgan fingerprint density at radius 1 is 0.875 bits per heavy atom. The van der Waals surface area contributed by atoms with Crippen molar-refractivity contribution in [1.29, 1.82) is 0 Å². The summed E-state index contributed by atoms with van der Waals surface area (Å²) in [6.45, 7) is 1.86. The molecular weight excluding hydrogens is 243 g/mol. The topological polar surface area (TPSA) is 20.2 Å². The van der Waals surface area contributed by atoms with Crippen molar-refractivity contribution in [2.75, 3.05) is 0 Å². The Kier molecular flexibility index (Phi) is 3.08. The Bertz CT molecular complexity index is 486. The first-order valence-electron chi connectivity index (χ1n) is 4.83. The van der Waals surface area contributed by atoms with Gasteiger partial charge in [0.2, 0.25) is 0 Å². The van der Waals surface area contributed by atoms with Gasteiger partial charge in [0.1, 0.15) is 5.75 Å². The highest BCUT2D eigenvalue weighted by Crippen LogP contribution is 2.30. The molecule has 2 aromatic rings. The van der Waals surface area contributed by atoms with Crippen LogP contribution in [0.15, 0.2) is 36.4 Å². The van der Waals surface area contributed by atoms with Crippen LogP contribution in [0.1, 0.15) is 5.56 Å². The lowest BCUT2D eigenvalue weighted by Gasteiger charge is -2.06. The average Bonchev–Trinajstić information content (AvgIpc) is 2.26. The summed E-state index contributed by atoms with van der Waals surface area (Å²) in [7, 11) is 0. The first-order chi connectivity index (χ1) is 7.58. The minimum Gasteiger partial charge on any atom is -0.508 e. The molecule has 0 heterocycles. The summed E-state index contributed by atoms with van der Waals surface area (Å²) >= 11 is 11.8. The highest BCUT2D eigenvalue weighted by atomic mass is 35.5. The number of phenols is 1. The summed E-state index contributed by atoms with van der Waals surface area (Å²) in [5.41, 5.74) is 2.83. The van der Waals surface area contributed by atoms with E-state index in [-0.39, 0.29) is 0 Å². The van der Waals surface area contributed by atoms with E-state index in [9.17, 15) is 5.11 Å². The van der Waals surface area contributed by atoms with Crippen molar-refractivity contribution < 1.29 is 5.11 Å². The van der Waals surface area contributed by atoms with Gasteiger partial charge in [-0.2, -0.15) is 0 Å². The number of aryl methyl sites for hydroxylation is 1. The average molecular weight is 253 g/mol. The summed E-state index contributed by atoms with van der Waals surface area (Å²) < 4.78 is 0. The maximum absolute atomic E-state index is 9.44. The molecule has 2 aromatic carbocycles. The van der Waals surface area contributed by atoms with E-state index < -0.39 is 0 Å². The van der Waals surface area contributed by atoms with Gasteiger partial charge in [-0.05, 0) is 47.9 Å². The normalized spacial score (nSPS) is 10.4. The Hall–Kier alpha value is -1.18. The van der Waals surface area contributed by atoms with Gasteiger partial charge in [-0.25, -0.2) is 0 Å². The zero-order valence-electron chi connectivity index (χ0n) is 8.67. The summed E-state index contributed by atoms with van der Waals surface area (Å²) in [5, 5.41) is 10.5.